The van der Waals surface area contributed by atoms with E-state index in [1.54, 1.807) is 0 Å². The summed E-state index contributed by atoms with van der Waals surface area (Å²) in [6, 6.07) is 17.4. The Kier molecular flexibility index (Phi) is 5.47. The summed E-state index contributed by atoms with van der Waals surface area (Å²) in [5, 5.41) is 0. The van der Waals surface area contributed by atoms with Crippen molar-refractivity contribution in [1.29, 1.82) is 0 Å². The maximum Gasteiger partial charge on any atom is 0.410 e. The first kappa shape index (κ1) is 21.1. The van der Waals surface area contributed by atoms with Gasteiger partial charge in [-0.2, -0.15) is 0 Å². The standard InChI is InChI=1S/C28H31NO2Si/c1-32(2,3)16-8-9-20-17-21-14-15-22(18-20)29(21)28(30)31-19-27-25-12-6-4-10-23(25)24-11-5-7-13-26(24)27/h4-7,10-13,17,21-22,27H,9,14-15,18-19H2,1-3H3. The van der Waals surface area contributed by atoms with Crippen molar-refractivity contribution in [3.63, 3.8) is 0 Å². The minimum Gasteiger partial charge on any atom is -0.448 e. The van der Waals surface area contributed by atoms with Crippen LogP contribution in [0.3, 0.4) is 0 Å². The molecule has 2 bridgehead atoms. The van der Waals surface area contributed by atoms with E-state index >= 15 is 0 Å². The lowest BCUT2D eigenvalue weighted by Gasteiger charge is -2.33. The van der Waals surface area contributed by atoms with Gasteiger partial charge in [0.2, 0.25) is 0 Å². The molecule has 2 heterocycles. The van der Waals surface area contributed by atoms with E-state index in [0.29, 0.717) is 6.61 Å². The maximum absolute atomic E-state index is 13.1. The van der Waals surface area contributed by atoms with Gasteiger partial charge in [0.1, 0.15) is 14.7 Å². The van der Waals surface area contributed by atoms with E-state index in [4.69, 9.17) is 4.74 Å². The van der Waals surface area contributed by atoms with Crippen LogP contribution < -0.4 is 0 Å². The van der Waals surface area contributed by atoms with E-state index in [9.17, 15) is 4.79 Å². The average molecular weight is 442 g/mol. The van der Waals surface area contributed by atoms with Crippen molar-refractivity contribution >= 4 is 14.2 Å². The van der Waals surface area contributed by atoms with Crippen molar-refractivity contribution in [2.75, 3.05) is 6.61 Å². The van der Waals surface area contributed by atoms with E-state index in [0.717, 1.165) is 25.7 Å². The highest BCUT2D eigenvalue weighted by Gasteiger charge is 2.40. The Bertz CT molecular complexity index is 1090. The summed E-state index contributed by atoms with van der Waals surface area (Å²) in [5.74, 6) is 3.51. The number of carbonyl (C=O) groups excluding carboxylic acids is 1. The van der Waals surface area contributed by atoms with E-state index in [2.05, 4.69) is 85.7 Å². The highest BCUT2D eigenvalue weighted by Crippen LogP contribution is 2.45. The molecule has 2 aromatic rings. The van der Waals surface area contributed by atoms with E-state index in [1.165, 1.54) is 27.8 Å². The average Bonchev–Trinajstić information content (AvgIpc) is 3.23. The number of hydrogen-bond acceptors (Lipinski definition) is 2. The summed E-state index contributed by atoms with van der Waals surface area (Å²) in [6.45, 7) is 7.22. The number of carbonyl (C=O) groups is 1. The molecule has 0 spiro atoms. The molecule has 4 heteroatoms. The van der Waals surface area contributed by atoms with Crippen LogP contribution in [0, 0.1) is 11.5 Å². The molecule has 2 aromatic carbocycles. The summed E-state index contributed by atoms with van der Waals surface area (Å²) in [5.41, 5.74) is 9.89. The first-order chi connectivity index (χ1) is 15.4. The molecule has 0 saturated carbocycles. The van der Waals surface area contributed by atoms with E-state index in [-0.39, 0.29) is 24.1 Å². The Balaban J connectivity index is 1.27. The molecule has 1 saturated heterocycles. The number of hydrogen-bond donors (Lipinski definition) is 0. The number of amides is 1. The first-order valence-electron chi connectivity index (χ1n) is 11.7. The lowest BCUT2D eigenvalue weighted by atomic mass is 9.98. The first-order valence-corrected chi connectivity index (χ1v) is 15.2. The topological polar surface area (TPSA) is 29.5 Å². The highest BCUT2D eigenvalue weighted by atomic mass is 28.3. The van der Waals surface area contributed by atoms with Gasteiger partial charge in [-0.3, -0.25) is 4.90 Å². The van der Waals surface area contributed by atoms with E-state index < -0.39 is 8.07 Å². The monoisotopic (exact) mass is 441 g/mol. The summed E-state index contributed by atoms with van der Waals surface area (Å²) in [6.07, 6.45) is 5.97. The summed E-state index contributed by atoms with van der Waals surface area (Å²) >= 11 is 0. The second-order valence-corrected chi connectivity index (χ2v) is 15.0. The maximum atomic E-state index is 13.1. The fourth-order valence-corrected chi connectivity index (χ4v) is 6.04. The molecular weight excluding hydrogens is 410 g/mol. The van der Waals surface area contributed by atoms with Crippen LogP contribution >= 0.6 is 0 Å². The molecule has 0 radical (unpaired) electrons. The summed E-state index contributed by atoms with van der Waals surface area (Å²) in [7, 11) is -1.34. The third-order valence-corrected chi connectivity index (χ3v) is 7.72. The Labute approximate surface area is 192 Å². The number of rotatable bonds is 3. The third kappa shape index (κ3) is 4.02. The zero-order valence-corrected chi connectivity index (χ0v) is 20.2. The molecule has 2 unspecified atom stereocenters. The zero-order chi connectivity index (χ0) is 22.3. The van der Waals surface area contributed by atoms with Crippen molar-refractivity contribution in [3.8, 4) is 22.6 Å². The SMILES string of the molecule is C[Si](C)(C)C#CCC1=CC2CCC(C1)N2C(=O)OCC1c2ccccc2-c2ccccc21. The molecule has 32 heavy (non-hydrogen) atoms. The molecule has 1 fully saturated rings. The molecule has 0 aromatic heterocycles. The van der Waals surface area contributed by atoms with Crippen LogP contribution in [0.2, 0.25) is 19.6 Å². The van der Waals surface area contributed by atoms with Gasteiger partial charge in [-0.1, -0.05) is 79.8 Å². The van der Waals surface area contributed by atoms with Crippen molar-refractivity contribution in [3.05, 3.63) is 71.3 Å². The number of fused-ring (bicyclic) bond motifs is 5. The largest absolute Gasteiger partial charge is 0.448 e. The Morgan fingerprint density at radius 2 is 1.69 bits per heavy atom. The van der Waals surface area contributed by atoms with Gasteiger partial charge in [0.15, 0.2) is 0 Å². The summed E-state index contributed by atoms with van der Waals surface area (Å²) < 4.78 is 5.96. The van der Waals surface area contributed by atoms with Crippen LogP contribution in [0.5, 0.6) is 0 Å². The van der Waals surface area contributed by atoms with Gasteiger partial charge in [0.25, 0.3) is 0 Å². The predicted octanol–water partition coefficient (Wildman–Crippen LogP) is 6.37. The lowest BCUT2D eigenvalue weighted by molar-refractivity contribution is 0.0850. The lowest BCUT2D eigenvalue weighted by Crippen LogP contribution is -2.43. The van der Waals surface area contributed by atoms with Crippen LogP contribution in [0.25, 0.3) is 11.1 Å². The van der Waals surface area contributed by atoms with Gasteiger partial charge in [-0.25, -0.2) is 4.79 Å². The second-order valence-electron chi connectivity index (χ2n) is 10.3. The minimum atomic E-state index is -1.34. The van der Waals surface area contributed by atoms with Gasteiger partial charge < -0.3 is 4.74 Å². The highest BCUT2D eigenvalue weighted by molar-refractivity contribution is 6.83. The van der Waals surface area contributed by atoms with Crippen molar-refractivity contribution in [2.24, 2.45) is 0 Å². The molecule has 2 aliphatic heterocycles. The van der Waals surface area contributed by atoms with Gasteiger partial charge in [0, 0.05) is 18.4 Å². The number of benzene rings is 2. The van der Waals surface area contributed by atoms with Crippen molar-refractivity contribution in [2.45, 2.75) is 63.3 Å². The number of ether oxygens (including phenoxy) is 1. The summed E-state index contributed by atoms with van der Waals surface area (Å²) in [4.78, 5) is 15.1. The molecule has 3 aliphatic rings. The van der Waals surface area contributed by atoms with Crippen molar-refractivity contribution < 1.29 is 9.53 Å². The van der Waals surface area contributed by atoms with Crippen molar-refractivity contribution in [1.82, 2.24) is 4.90 Å². The van der Waals surface area contributed by atoms with Crippen LogP contribution in [0.1, 0.15) is 42.7 Å². The Morgan fingerprint density at radius 1 is 1.03 bits per heavy atom. The molecule has 1 aliphatic carbocycles. The van der Waals surface area contributed by atoms with Gasteiger partial charge in [-0.05, 0) is 41.5 Å². The second kappa shape index (κ2) is 8.29. The van der Waals surface area contributed by atoms with Gasteiger partial charge >= 0.3 is 6.09 Å². The fraction of sp³-hybridized carbons (Fsp3) is 0.393. The molecular formula is C28H31NO2Si. The Hall–Kier alpha value is -2.77. The molecule has 164 valence electrons. The molecule has 3 nitrogen and oxygen atoms in total. The fourth-order valence-electron chi connectivity index (χ4n) is 5.43. The number of nitrogens with zero attached hydrogens (tertiary/aromatic N) is 1. The molecule has 1 amide bonds. The molecule has 0 N–H and O–H groups in total. The molecule has 5 rings (SSSR count). The quantitative estimate of drug-likeness (QED) is 0.315. The van der Waals surface area contributed by atoms with Crippen LogP contribution in [-0.2, 0) is 4.74 Å². The Morgan fingerprint density at radius 3 is 2.31 bits per heavy atom. The zero-order valence-electron chi connectivity index (χ0n) is 19.2. The predicted molar refractivity (Wildman–Crippen MR) is 132 cm³/mol. The third-order valence-electron chi connectivity index (χ3n) is 6.80. The molecule has 2 atom stereocenters. The van der Waals surface area contributed by atoms with Crippen LogP contribution in [0.4, 0.5) is 4.79 Å². The van der Waals surface area contributed by atoms with Crippen LogP contribution in [-0.4, -0.2) is 37.8 Å². The van der Waals surface area contributed by atoms with Gasteiger partial charge in [0.05, 0.1) is 6.04 Å². The van der Waals surface area contributed by atoms with Crippen LogP contribution in [0.15, 0.2) is 60.2 Å². The van der Waals surface area contributed by atoms with Gasteiger partial charge in [-0.15, -0.1) is 11.5 Å². The van der Waals surface area contributed by atoms with E-state index in [1.807, 2.05) is 4.90 Å². The smallest absolute Gasteiger partial charge is 0.410 e. The minimum absolute atomic E-state index is 0.108. The normalized spacial score (nSPS) is 21.3.